The maximum Gasteiger partial charge on any atom is 0.339 e. The largest absolute Gasteiger partial charge is 0.478 e. The second-order valence-corrected chi connectivity index (χ2v) is 4.64. The van der Waals surface area contributed by atoms with Crippen molar-refractivity contribution < 1.29 is 14.6 Å². The summed E-state index contributed by atoms with van der Waals surface area (Å²) in [4.78, 5) is 18.7. The molecular formula is C13H19N3O3. The van der Waals surface area contributed by atoms with E-state index in [1.807, 2.05) is 0 Å². The summed E-state index contributed by atoms with van der Waals surface area (Å²) in [5.41, 5.74) is 0.677. The number of aromatic carboxylic acids is 1. The molecule has 0 spiro atoms. The fourth-order valence-corrected chi connectivity index (χ4v) is 2.18. The first-order valence-corrected chi connectivity index (χ1v) is 6.62. The minimum absolute atomic E-state index is 0.156. The van der Waals surface area contributed by atoms with Crippen LogP contribution in [0.25, 0.3) is 0 Å². The Labute approximate surface area is 112 Å². The Morgan fingerprint density at radius 3 is 3.16 bits per heavy atom. The van der Waals surface area contributed by atoms with Gasteiger partial charge in [0.05, 0.1) is 11.8 Å². The van der Waals surface area contributed by atoms with Gasteiger partial charge < -0.3 is 15.2 Å². The second-order valence-electron chi connectivity index (χ2n) is 4.64. The summed E-state index contributed by atoms with van der Waals surface area (Å²) in [5, 5.41) is 12.2. The number of ether oxygens (including phenoxy) is 1. The molecular weight excluding hydrogens is 246 g/mol. The van der Waals surface area contributed by atoms with Crippen molar-refractivity contribution in [3.05, 3.63) is 23.8 Å². The smallest absolute Gasteiger partial charge is 0.339 e. The fraction of sp³-hybridized carbons (Fsp3) is 0.615. The highest BCUT2D eigenvalue weighted by atomic mass is 16.5. The van der Waals surface area contributed by atoms with Crippen LogP contribution in [0.15, 0.2) is 12.5 Å². The molecule has 0 amide bonds. The molecule has 104 valence electrons. The van der Waals surface area contributed by atoms with Crippen molar-refractivity contribution in [1.82, 2.24) is 15.3 Å². The molecule has 1 atom stereocenters. The zero-order chi connectivity index (χ0) is 13.5. The van der Waals surface area contributed by atoms with E-state index in [2.05, 4.69) is 15.3 Å². The first kappa shape index (κ1) is 13.9. The molecule has 2 N–H and O–H groups in total. The van der Waals surface area contributed by atoms with E-state index in [1.54, 1.807) is 0 Å². The van der Waals surface area contributed by atoms with Crippen LogP contribution in [-0.4, -0.2) is 40.3 Å². The van der Waals surface area contributed by atoms with Crippen LogP contribution in [-0.2, 0) is 11.3 Å². The maximum atomic E-state index is 11.0. The number of carboxylic acid groups (broad SMARTS) is 1. The Kier molecular flexibility index (Phi) is 5.23. The summed E-state index contributed by atoms with van der Waals surface area (Å²) in [5.74, 6) is -0.993. The lowest BCUT2D eigenvalue weighted by Gasteiger charge is -2.22. The molecule has 1 aliphatic heterocycles. The van der Waals surface area contributed by atoms with Gasteiger partial charge in [0.25, 0.3) is 0 Å². The number of nitrogens with zero attached hydrogens (tertiary/aromatic N) is 2. The number of nitrogens with one attached hydrogen (secondary N) is 1. The summed E-state index contributed by atoms with van der Waals surface area (Å²) in [6, 6.07) is 0. The van der Waals surface area contributed by atoms with Crippen molar-refractivity contribution in [1.29, 1.82) is 0 Å². The Hall–Kier alpha value is -1.53. The third kappa shape index (κ3) is 4.25. The highest BCUT2D eigenvalue weighted by Crippen LogP contribution is 2.14. The molecule has 1 fully saturated rings. The third-order valence-electron chi connectivity index (χ3n) is 3.23. The molecule has 1 aromatic rings. The van der Waals surface area contributed by atoms with E-state index >= 15 is 0 Å². The van der Waals surface area contributed by atoms with Gasteiger partial charge in [0, 0.05) is 19.3 Å². The molecule has 6 heteroatoms. The Morgan fingerprint density at radius 1 is 1.53 bits per heavy atom. The number of carbonyl (C=O) groups is 1. The van der Waals surface area contributed by atoms with E-state index in [0.717, 1.165) is 32.4 Å². The molecule has 2 rings (SSSR count). The molecule has 1 aromatic heterocycles. The zero-order valence-corrected chi connectivity index (χ0v) is 10.8. The van der Waals surface area contributed by atoms with Crippen molar-refractivity contribution in [3.63, 3.8) is 0 Å². The highest BCUT2D eigenvalue weighted by Gasteiger charge is 2.14. The van der Waals surface area contributed by atoms with Gasteiger partial charge in [-0.05, 0) is 32.2 Å². The maximum absolute atomic E-state index is 11.0. The average molecular weight is 265 g/mol. The number of rotatable bonds is 6. The first-order valence-electron chi connectivity index (χ1n) is 6.62. The van der Waals surface area contributed by atoms with Gasteiger partial charge in [-0.3, -0.25) is 0 Å². The summed E-state index contributed by atoms with van der Waals surface area (Å²) in [6.07, 6.45) is 7.51. The van der Waals surface area contributed by atoms with Crippen molar-refractivity contribution in [2.75, 3.05) is 13.2 Å². The van der Waals surface area contributed by atoms with Crippen LogP contribution in [0.3, 0.4) is 0 Å². The van der Waals surface area contributed by atoms with E-state index in [-0.39, 0.29) is 5.56 Å². The van der Waals surface area contributed by atoms with E-state index in [1.165, 1.54) is 18.9 Å². The SMILES string of the molecule is O=C(O)c1cncnc1CNCCC1CCCCO1. The lowest BCUT2D eigenvalue weighted by Crippen LogP contribution is -2.26. The standard InChI is InChI=1S/C13H19N3O3/c17-13(18)11-7-15-9-16-12(11)8-14-5-4-10-3-1-2-6-19-10/h7,9-10,14H,1-6,8H2,(H,17,18). The minimum atomic E-state index is -0.993. The number of hydrogen-bond acceptors (Lipinski definition) is 5. The molecule has 0 radical (unpaired) electrons. The number of aromatic nitrogens is 2. The van der Waals surface area contributed by atoms with Gasteiger partial charge in [-0.1, -0.05) is 0 Å². The van der Waals surface area contributed by atoms with Gasteiger partial charge >= 0.3 is 5.97 Å². The molecule has 0 aromatic carbocycles. The molecule has 1 unspecified atom stereocenters. The van der Waals surface area contributed by atoms with Crippen LogP contribution in [0, 0.1) is 0 Å². The molecule has 0 bridgehead atoms. The number of carboxylic acids is 1. The van der Waals surface area contributed by atoms with Crippen LogP contribution in [0.4, 0.5) is 0 Å². The third-order valence-corrected chi connectivity index (χ3v) is 3.23. The molecule has 1 aliphatic rings. The average Bonchev–Trinajstić information content (AvgIpc) is 2.45. The summed E-state index contributed by atoms with van der Waals surface area (Å²) in [7, 11) is 0. The van der Waals surface area contributed by atoms with Crippen molar-refractivity contribution in [2.45, 2.75) is 38.3 Å². The van der Waals surface area contributed by atoms with Gasteiger partial charge in [0.15, 0.2) is 0 Å². The van der Waals surface area contributed by atoms with Crippen LogP contribution >= 0.6 is 0 Å². The van der Waals surface area contributed by atoms with Crippen molar-refractivity contribution >= 4 is 5.97 Å². The Balaban J connectivity index is 1.74. The van der Waals surface area contributed by atoms with E-state index < -0.39 is 5.97 Å². The van der Waals surface area contributed by atoms with Gasteiger partial charge in [-0.15, -0.1) is 0 Å². The van der Waals surface area contributed by atoms with Gasteiger partial charge in [-0.2, -0.15) is 0 Å². The van der Waals surface area contributed by atoms with Crippen molar-refractivity contribution in [2.24, 2.45) is 0 Å². The molecule has 2 heterocycles. The highest BCUT2D eigenvalue weighted by molar-refractivity contribution is 5.88. The number of hydrogen-bond donors (Lipinski definition) is 2. The fourth-order valence-electron chi connectivity index (χ4n) is 2.18. The van der Waals surface area contributed by atoms with E-state index in [4.69, 9.17) is 9.84 Å². The molecule has 1 saturated heterocycles. The van der Waals surface area contributed by atoms with Crippen LogP contribution in [0.5, 0.6) is 0 Å². The molecule has 0 aliphatic carbocycles. The normalized spacial score (nSPS) is 19.3. The molecule has 6 nitrogen and oxygen atoms in total. The monoisotopic (exact) mass is 265 g/mol. The topological polar surface area (TPSA) is 84.3 Å². The lowest BCUT2D eigenvalue weighted by atomic mass is 10.1. The zero-order valence-electron chi connectivity index (χ0n) is 10.8. The quantitative estimate of drug-likeness (QED) is 0.752. The molecule has 19 heavy (non-hydrogen) atoms. The van der Waals surface area contributed by atoms with Gasteiger partial charge in [0.1, 0.15) is 11.9 Å². The second kappa shape index (κ2) is 7.16. The summed E-state index contributed by atoms with van der Waals surface area (Å²) < 4.78 is 5.63. The van der Waals surface area contributed by atoms with E-state index in [9.17, 15) is 4.79 Å². The first-order chi connectivity index (χ1) is 9.27. The summed E-state index contributed by atoms with van der Waals surface area (Å²) in [6.45, 7) is 2.10. The molecule has 0 saturated carbocycles. The van der Waals surface area contributed by atoms with Crippen LogP contribution in [0.2, 0.25) is 0 Å². The van der Waals surface area contributed by atoms with Gasteiger partial charge in [0.2, 0.25) is 0 Å². The van der Waals surface area contributed by atoms with E-state index in [0.29, 0.717) is 18.3 Å². The Bertz CT molecular complexity index is 419. The summed E-state index contributed by atoms with van der Waals surface area (Å²) >= 11 is 0. The van der Waals surface area contributed by atoms with Gasteiger partial charge in [-0.25, -0.2) is 14.8 Å². The minimum Gasteiger partial charge on any atom is -0.478 e. The van der Waals surface area contributed by atoms with Crippen molar-refractivity contribution in [3.8, 4) is 0 Å². The van der Waals surface area contributed by atoms with Crippen LogP contribution in [0.1, 0.15) is 41.7 Å². The Morgan fingerprint density at radius 2 is 2.42 bits per heavy atom. The predicted octanol–water partition coefficient (Wildman–Crippen LogP) is 1.22. The van der Waals surface area contributed by atoms with Crippen LogP contribution < -0.4 is 5.32 Å². The lowest BCUT2D eigenvalue weighted by molar-refractivity contribution is 0.0115. The predicted molar refractivity (Wildman–Crippen MR) is 68.9 cm³/mol.